The Morgan fingerprint density at radius 2 is 1.84 bits per heavy atom. The van der Waals surface area contributed by atoms with E-state index in [9.17, 15) is 14.9 Å². The summed E-state index contributed by atoms with van der Waals surface area (Å²) in [5.74, 6) is 0. The van der Waals surface area contributed by atoms with Crippen molar-refractivity contribution in [3.8, 4) is 0 Å². The predicted molar refractivity (Wildman–Crippen MR) is 103 cm³/mol. The summed E-state index contributed by atoms with van der Waals surface area (Å²) in [5.41, 5.74) is 0.780. The summed E-state index contributed by atoms with van der Waals surface area (Å²) in [6, 6.07) is 9.99. The molecular formula is C16H16N4O3S2. The molecule has 7 nitrogen and oxygen atoms in total. The van der Waals surface area contributed by atoms with E-state index in [2.05, 4.69) is 15.1 Å². The molecule has 1 aromatic carbocycles. The van der Waals surface area contributed by atoms with Crippen molar-refractivity contribution >= 4 is 51.3 Å². The number of nitro benzene ring substituents is 1. The van der Waals surface area contributed by atoms with Crippen LogP contribution in [0.25, 0.3) is 0 Å². The fourth-order valence-corrected chi connectivity index (χ4v) is 3.75. The molecular weight excluding hydrogens is 360 g/mol. The van der Waals surface area contributed by atoms with Gasteiger partial charge in [-0.05, 0) is 36.5 Å². The van der Waals surface area contributed by atoms with Gasteiger partial charge in [0, 0.05) is 44.0 Å². The van der Waals surface area contributed by atoms with Gasteiger partial charge in [0.2, 0.25) is 0 Å². The summed E-state index contributed by atoms with van der Waals surface area (Å²) in [7, 11) is 0. The summed E-state index contributed by atoms with van der Waals surface area (Å²) in [6.07, 6.45) is 0.869. The molecule has 2 aromatic rings. The van der Waals surface area contributed by atoms with Crippen LogP contribution >= 0.6 is 23.6 Å². The van der Waals surface area contributed by atoms with Gasteiger partial charge in [0.15, 0.2) is 11.4 Å². The Labute approximate surface area is 154 Å². The minimum absolute atomic E-state index is 0.0516. The molecule has 1 aromatic heterocycles. The Balaban J connectivity index is 1.54. The lowest BCUT2D eigenvalue weighted by molar-refractivity contribution is -0.384. The smallest absolute Gasteiger partial charge is 0.269 e. The van der Waals surface area contributed by atoms with E-state index >= 15 is 0 Å². The fraction of sp³-hybridized carbons (Fsp3) is 0.250. The first-order valence-electron chi connectivity index (χ1n) is 7.67. The molecule has 1 aliphatic rings. The van der Waals surface area contributed by atoms with E-state index in [0.717, 1.165) is 48.0 Å². The number of carbonyl (C=O) groups is 1. The van der Waals surface area contributed by atoms with Crippen LogP contribution in [0.5, 0.6) is 0 Å². The van der Waals surface area contributed by atoms with Gasteiger partial charge in [-0.3, -0.25) is 14.9 Å². The number of aldehydes is 1. The average Bonchev–Trinajstić information content (AvgIpc) is 3.11. The third-order valence-corrected chi connectivity index (χ3v) is 5.37. The number of nitrogens with zero attached hydrogens (tertiary/aromatic N) is 3. The van der Waals surface area contributed by atoms with Gasteiger partial charge in [0.05, 0.1) is 14.8 Å². The van der Waals surface area contributed by atoms with E-state index in [4.69, 9.17) is 12.2 Å². The van der Waals surface area contributed by atoms with Crippen molar-refractivity contribution in [2.75, 3.05) is 36.4 Å². The van der Waals surface area contributed by atoms with Crippen molar-refractivity contribution in [3.05, 3.63) is 51.4 Å². The zero-order chi connectivity index (χ0) is 17.8. The molecule has 1 aliphatic heterocycles. The van der Waals surface area contributed by atoms with Crippen LogP contribution in [0.1, 0.15) is 9.67 Å². The van der Waals surface area contributed by atoms with Crippen LogP contribution in [0.3, 0.4) is 0 Å². The summed E-state index contributed by atoms with van der Waals surface area (Å²) < 4.78 is 0. The predicted octanol–water partition coefficient (Wildman–Crippen LogP) is 2.99. The third-order valence-electron chi connectivity index (χ3n) is 3.94. The van der Waals surface area contributed by atoms with E-state index in [1.54, 1.807) is 12.1 Å². The third kappa shape index (κ3) is 4.12. The number of thiophene rings is 1. The van der Waals surface area contributed by atoms with Gasteiger partial charge in [-0.2, -0.15) is 0 Å². The highest BCUT2D eigenvalue weighted by molar-refractivity contribution is 7.80. The van der Waals surface area contributed by atoms with E-state index in [-0.39, 0.29) is 5.69 Å². The normalized spacial score (nSPS) is 14.2. The number of nitrogens with one attached hydrogen (secondary N) is 1. The molecule has 0 bridgehead atoms. The van der Waals surface area contributed by atoms with Gasteiger partial charge in [-0.1, -0.05) is 0 Å². The largest absolute Gasteiger partial charge is 0.360 e. The first-order chi connectivity index (χ1) is 12.1. The molecule has 1 saturated heterocycles. The number of piperazine rings is 1. The van der Waals surface area contributed by atoms with Crippen molar-refractivity contribution < 1.29 is 9.72 Å². The number of benzene rings is 1. The Hall–Kier alpha value is -2.52. The summed E-state index contributed by atoms with van der Waals surface area (Å²) in [6.45, 7) is 3.18. The topological polar surface area (TPSA) is 78.7 Å². The highest BCUT2D eigenvalue weighted by atomic mass is 32.1. The average molecular weight is 376 g/mol. The number of non-ortho nitro benzene ring substituents is 1. The Morgan fingerprint density at radius 3 is 2.40 bits per heavy atom. The van der Waals surface area contributed by atoms with E-state index in [1.807, 2.05) is 12.1 Å². The molecule has 25 heavy (non-hydrogen) atoms. The zero-order valence-corrected chi connectivity index (χ0v) is 14.9. The van der Waals surface area contributed by atoms with Crippen LogP contribution in [-0.2, 0) is 0 Å². The second kappa shape index (κ2) is 7.58. The highest BCUT2D eigenvalue weighted by Crippen LogP contribution is 2.26. The van der Waals surface area contributed by atoms with E-state index in [0.29, 0.717) is 5.11 Å². The van der Waals surface area contributed by atoms with Gasteiger partial charge < -0.3 is 15.1 Å². The second-order valence-corrected chi connectivity index (χ2v) is 6.98. The van der Waals surface area contributed by atoms with Gasteiger partial charge in [0.25, 0.3) is 5.69 Å². The van der Waals surface area contributed by atoms with Crippen molar-refractivity contribution in [1.82, 2.24) is 4.90 Å². The molecule has 0 amide bonds. The summed E-state index contributed by atoms with van der Waals surface area (Å²) >= 11 is 6.93. The molecule has 1 fully saturated rings. The lowest BCUT2D eigenvalue weighted by Crippen LogP contribution is -2.49. The number of nitro groups is 1. The molecule has 0 unspecified atom stereocenters. The van der Waals surface area contributed by atoms with Gasteiger partial charge in [0.1, 0.15) is 0 Å². The zero-order valence-electron chi connectivity index (χ0n) is 13.3. The minimum Gasteiger partial charge on any atom is -0.360 e. The standard InChI is InChI=1S/C16H16N4O3S2/c21-11-14-5-6-15(25-14)18-7-9-19(10-8-18)16(24)17-12-1-3-13(4-2-12)20(22)23/h1-6,11H,7-10H2,(H,17,24). The van der Waals surface area contributed by atoms with E-state index in [1.165, 1.54) is 23.5 Å². The number of carbonyl (C=O) groups excluding carboxylic acids is 1. The molecule has 0 saturated carbocycles. The number of anilines is 2. The highest BCUT2D eigenvalue weighted by Gasteiger charge is 2.20. The number of hydrogen-bond acceptors (Lipinski definition) is 6. The monoisotopic (exact) mass is 376 g/mol. The van der Waals surface area contributed by atoms with Crippen molar-refractivity contribution in [3.63, 3.8) is 0 Å². The Bertz CT molecular complexity index is 783. The number of hydrogen-bond donors (Lipinski definition) is 1. The molecule has 0 radical (unpaired) electrons. The Morgan fingerprint density at radius 1 is 1.16 bits per heavy atom. The van der Waals surface area contributed by atoms with Crippen LogP contribution in [0, 0.1) is 10.1 Å². The van der Waals surface area contributed by atoms with Gasteiger partial charge >= 0.3 is 0 Å². The lowest BCUT2D eigenvalue weighted by atomic mass is 10.3. The van der Waals surface area contributed by atoms with Crippen LogP contribution in [0.2, 0.25) is 0 Å². The first-order valence-corrected chi connectivity index (χ1v) is 8.89. The van der Waals surface area contributed by atoms with Crippen molar-refractivity contribution in [2.45, 2.75) is 0 Å². The van der Waals surface area contributed by atoms with Crippen LogP contribution in [0.15, 0.2) is 36.4 Å². The van der Waals surface area contributed by atoms with Crippen LogP contribution < -0.4 is 10.2 Å². The van der Waals surface area contributed by atoms with Crippen LogP contribution in [0.4, 0.5) is 16.4 Å². The number of thiocarbonyl (C=S) groups is 1. The quantitative estimate of drug-likeness (QED) is 0.380. The molecule has 1 N–H and O–H groups in total. The molecule has 130 valence electrons. The van der Waals surface area contributed by atoms with Crippen molar-refractivity contribution in [2.24, 2.45) is 0 Å². The SMILES string of the molecule is O=Cc1ccc(N2CCN(C(=S)Nc3ccc([N+](=O)[O-])cc3)CC2)s1. The molecule has 0 aliphatic carbocycles. The Kier molecular flexibility index (Phi) is 5.25. The molecule has 2 heterocycles. The van der Waals surface area contributed by atoms with Crippen LogP contribution in [-0.4, -0.2) is 47.4 Å². The summed E-state index contributed by atoms with van der Waals surface area (Å²) in [5, 5.41) is 15.5. The lowest BCUT2D eigenvalue weighted by Gasteiger charge is -2.36. The first kappa shape index (κ1) is 17.3. The van der Waals surface area contributed by atoms with E-state index < -0.39 is 4.92 Å². The molecule has 0 spiro atoms. The molecule has 3 rings (SSSR count). The molecule has 9 heteroatoms. The fourth-order valence-electron chi connectivity index (χ4n) is 2.57. The maximum Gasteiger partial charge on any atom is 0.269 e. The van der Waals surface area contributed by atoms with Gasteiger partial charge in [-0.25, -0.2) is 0 Å². The van der Waals surface area contributed by atoms with Crippen molar-refractivity contribution in [1.29, 1.82) is 0 Å². The number of rotatable bonds is 4. The summed E-state index contributed by atoms with van der Waals surface area (Å²) in [4.78, 5) is 26.1. The van der Waals surface area contributed by atoms with Gasteiger partial charge in [-0.15, -0.1) is 11.3 Å². The second-order valence-electron chi connectivity index (χ2n) is 5.50. The molecule has 0 atom stereocenters. The maximum absolute atomic E-state index is 10.8. The maximum atomic E-state index is 10.8. The minimum atomic E-state index is -0.429.